The fourth-order valence-corrected chi connectivity index (χ4v) is 4.78. The highest BCUT2D eigenvalue weighted by Crippen LogP contribution is 2.47. The van der Waals surface area contributed by atoms with Crippen LogP contribution in [-0.2, 0) is 14.3 Å². The van der Waals surface area contributed by atoms with Crippen molar-refractivity contribution in [3.8, 4) is 0 Å². The molecular weight excluding hydrogens is 398 g/mol. The van der Waals surface area contributed by atoms with Crippen LogP contribution in [0.1, 0.15) is 48.8 Å². The Kier molecular flexibility index (Phi) is 4.40. The number of aliphatic hydroxyl groups is 1. The summed E-state index contributed by atoms with van der Waals surface area (Å²) in [6.07, 6.45) is 3.48. The van der Waals surface area contributed by atoms with Crippen molar-refractivity contribution in [1.29, 1.82) is 0 Å². The van der Waals surface area contributed by atoms with E-state index in [9.17, 15) is 9.90 Å². The largest absolute Gasteiger partial charge is 0.509 e. The van der Waals surface area contributed by atoms with Gasteiger partial charge in [-0.3, -0.25) is 4.79 Å². The molecule has 1 saturated carbocycles. The Bertz CT molecular complexity index is 785. The van der Waals surface area contributed by atoms with Crippen LogP contribution in [-0.4, -0.2) is 35.6 Å². The summed E-state index contributed by atoms with van der Waals surface area (Å²) < 4.78 is 12.7. The molecule has 0 atom stereocenters. The molecule has 1 aromatic rings. The molecule has 2 fully saturated rings. The van der Waals surface area contributed by atoms with Gasteiger partial charge in [0.2, 0.25) is 0 Å². The van der Waals surface area contributed by atoms with Gasteiger partial charge in [-0.05, 0) is 55.9 Å². The van der Waals surface area contributed by atoms with Crippen molar-refractivity contribution in [2.24, 2.45) is 0 Å². The molecular formula is C20H24BrNO4. The minimum Gasteiger partial charge on any atom is -0.509 e. The van der Waals surface area contributed by atoms with Crippen LogP contribution in [0.25, 0.3) is 5.57 Å². The number of halogens is 1. The van der Waals surface area contributed by atoms with E-state index in [-0.39, 0.29) is 11.7 Å². The summed E-state index contributed by atoms with van der Waals surface area (Å²) in [5.74, 6) is -0.579. The highest BCUT2D eigenvalue weighted by Gasteiger charge is 2.52. The Morgan fingerprint density at radius 3 is 2.42 bits per heavy atom. The fraction of sp³-hybridized carbons (Fsp3) is 0.550. The molecule has 3 aliphatic rings. The zero-order valence-electron chi connectivity index (χ0n) is 15.2. The van der Waals surface area contributed by atoms with E-state index in [2.05, 4.69) is 21.2 Å². The Hall–Kier alpha value is -1.37. The van der Waals surface area contributed by atoms with Crippen molar-refractivity contribution in [3.63, 3.8) is 0 Å². The third-order valence-corrected chi connectivity index (χ3v) is 6.87. The fourth-order valence-electron chi connectivity index (χ4n) is 4.45. The number of hydrogen-bond donors (Lipinski definition) is 2. The normalized spacial score (nSPS) is 24.3. The van der Waals surface area contributed by atoms with Crippen molar-refractivity contribution in [2.45, 2.75) is 57.3 Å². The Morgan fingerprint density at radius 1 is 1.12 bits per heavy atom. The lowest BCUT2D eigenvalue weighted by molar-refractivity contribution is -0.284. The molecule has 5 nitrogen and oxygen atoms in total. The highest BCUT2D eigenvalue weighted by molar-refractivity contribution is 9.10. The highest BCUT2D eigenvalue weighted by atomic mass is 79.9. The predicted octanol–water partition coefficient (Wildman–Crippen LogP) is 3.91. The van der Waals surface area contributed by atoms with E-state index >= 15 is 0 Å². The van der Waals surface area contributed by atoms with Gasteiger partial charge in [-0.2, -0.15) is 0 Å². The first-order valence-electron chi connectivity index (χ1n) is 9.18. The molecule has 1 saturated heterocycles. The second kappa shape index (κ2) is 6.36. The topological polar surface area (TPSA) is 67.8 Å². The monoisotopic (exact) mass is 421 g/mol. The van der Waals surface area contributed by atoms with Gasteiger partial charge >= 0.3 is 0 Å². The van der Waals surface area contributed by atoms with Gasteiger partial charge in [0, 0.05) is 17.3 Å². The number of benzene rings is 1. The van der Waals surface area contributed by atoms with Crippen LogP contribution < -0.4 is 5.32 Å². The summed E-state index contributed by atoms with van der Waals surface area (Å²) in [6.45, 7) is 5.35. The molecule has 2 heterocycles. The van der Waals surface area contributed by atoms with Crippen LogP contribution >= 0.6 is 15.9 Å². The molecule has 0 radical (unpaired) electrons. The summed E-state index contributed by atoms with van der Waals surface area (Å²) in [5.41, 5.74) is 2.46. The van der Waals surface area contributed by atoms with Gasteiger partial charge in [0.05, 0.1) is 24.3 Å². The van der Waals surface area contributed by atoms with E-state index < -0.39 is 11.3 Å². The van der Waals surface area contributed by atoms with Gasteiger partial charge in [0.1, 0.15) is 5.76 Å². The van der Waals surface area contributed by atoms with Gasteiger partial charge in [0.25, 0.3) is 5.91 Å². The first-order chi connectivity index (χ1) is 12.4. The van der Waals surface area contributed by atoms with Crippen molar-refractivity contribution in [3.05, 3.63) is 39.1 Å². The molecule has 0 bridgehead atoms. The molecule has 1 aliphatic carbocycles. The molecule has 2 N–H and O–H groups in total. The van der Waals surface area contributed by atoms with E-state index in [1.807, 2.05) is 26.0 Å². The van der Waals surface area contributed by atoms with Crippen LogP contribution in [0.15, 0.2) is 22.4 Å². The minimum absolute atomic E-state index is 0.164. The predicted molar refractivity (Wildman–Crippen MR) is 102 cm³/mol. The van der Waals surface area contributed by atoms with Crippen molar-refractivity contribution in [2.75, 3.05) is 13.2 Å². The third kappa shape index (κ3) is 2.70. The van der Waals surface area contributed by atoms with Gasteiger partial charge in [0.15, 0.2) is 5.79 Å². The lowest BCUT2D eigenvalue weighted by Gasteiger charge is -2.45. The smallest absolute Gasteiger partial charge is 0.256 e. The molecule has 4 rings (SSSR count). The van der Waals surface area contributed by atoms with Crippen LogP contribution in [0, 0.1) is 13.8 Å². The quantitative estimate of drug-likeness (QED) is 0.720. The molecule has 2 aliphatic heterocycles. The number of amides is 1. The second-order valence-corrected chi connectivity index (χ2v) is 8.44. The van der Waals surface area contributed by atoms with Gasteiger partial charge in [-0.25, -0.2) is 0 Å². The van der Waals surface area contributed by atoms with E-state index in [0.717, 1.165) is 27.6 Å². The number of rotatable bonds is 1. The van der Waals surface area contributed by atoms with Crippen molar-refractivity contribution < 1.29 is 19.4 Å². The number of hydrogen-bond acceptors (Lipinski definition) is 4. The first-order valence-corrected chi connectivity index (χ1v) is 9.97. The molecule has 1 aromatic carbocycles. The molecule has 2 spiro atoms. The van der Waals surface area contributed by atoms with E-state index in [0.29, 0.717) is 44.5 Å². The minimum atomic E-state index is -0.705. The van der Waals surface area contributed by atoms with Gasteiger partial charge < -0.3 is 19.9 Å². The average molecular weight is 422 g/mol. The molecule has 6 heteroatoms. The second-order valence-electron chi connectivity index (χ2n) is 7.59. The van der Waals surface area contributed by atoms with Crippen LogP contribution in [0.5, 0.6) is 0 Å². The number of aliphatic hydroxyl groups excluding tert-OH is 1. The Morgan fingerprint density at radius 2 is 1.77 bits per heavy atom. The van der Waals surface area contributed by atoms with Crippen molar-refractivity contribution >= 4 is 27.4 Å². The van der Waals surface area contributed by atoms with Crippen LogP contribution in [0.4, 0.5) is 0 Å². The van der Waals surface area contributed by atoms with Gasteiger partial charge in [-0.1, -0.05) is 22.0 Å². The van der Waals surface area contributed by atoms with E-state index in [1.165, 1.54) is 0 Å². The maximum atomic E-state index is 12.8. The van der Waals surface area contributed by atoms with E-state index in [1.54, 1.807) is 0 Å². The lowest BCUT2D eigenvalue weighted by Crippen LogP contribution is -2.54. The van der Waals surface area contributed by atoms with E-state index in [4.69, 9.17) is 9.47 Å². The summed E-state index contributed by atoms with van der Waals surface area (Å²) in [7, 11) is 0. The number of carbonyl (C=O) groups excluding carboxylic acids is 1. The van der Waals surface area contributed by atoms with Crippen LogP contribution in [0.2, 0.25) is 0 Å². The lowest BCUT2D eigenvalue weighted by atomic mass is 9.77. The SMILES string of the molecule is Cc1ccc(Br)c(C)c1C1=C(O)C2(CCC3(CC2)OCCCO3)NC1=O. The molecule has 26 heavy (non-hydrogen) atoms. The Labute approximate surface area is 161 Å². The molecule has 140 valence electrons. The number of carbonyl (C=O) groups is 1. The summed E-state index contributed by atoms with van der Waals surface area (Å²) in [6, 6.07) is 3.93. The average Bonchev–Trinajstić information content (AvgIpc) is 2.87. The van der Waals surface area contributed by atoms with Crippen LogP contribution in [0.3, 0.4) is 0 Å². The molecule has 0 aromatic heterocycles. The molecule has 0 unspecified atom stereocenters. The van der Waals surface area contributed by atoms with Gasteiger partial charge in [-0.15, -0.1) is 0 Å². The molecule has 1 amide bonds. The maximum Gasteiger partial charge on any atom is 0.256 e. The number of aryl methyl sites for hydroxylation is 1. The summed E-state index contributed by atoms with van der Waals surface area (Å²) in [5, 5.41) is 14.2. The first kappa shape index (κ1) is 18.0. The Balaban J connectivity index is 1.69. The van der Waals surface area contributed by atoms with Crippen molar-refractivity contribution in [1.82, 2.24) is 5.32 Å². The summed E-state index contributed by atoms with van der Waals surface area (Å²) >= 11 is 3.53. The maximum absolute atomic E-state index is 12.8. The zero-order chi connectivity index (χ0) is 18.5. The number of ether oxygens (including phenoxy) is 2. The standard InChI is InChI=1S/C20H24BrNO4/c1-12-4-5-14(21)13(2)15(12)16-17(23)19(22-18(16)24)6-8-20(9-7-19)25-10-3-11-26-20/h4-5,23H,3,6-11H2,1-2H3,(H,22,24). The summed E-state index contributed by atoms with van der Waals surface area (Å²) in [4.78, 5) is 12.8. The third-order valence-electron chi connectivity index (χ3n) is 6.01. The number of nitrogens with one attached hydrogen (secondary N) is 1. The zero-order valence-corrected chi connectivity index (χ0v) is 16.7.